The molecule has 2 aromatic rings. The van der Waals surface area contributed by atoms with Crippen LogP contribution in [0.3, 0.4) is 0 Å². The first-order chi connectivity index (χ1) is 13.7. The fourth-order valence-corrected chi connectivity index (χ4v) is 3.18. The first-order valence-electron chi connectivity index (χ1n) is 8.91. The van der Waals surface area contributed by atoms with E-state index in [0.29, 0.717) is 18.5 Å². The van der Waals surface area contributed by atoms with Crippen molar-refractivity contribution in [2.75, 3.05) is 11.1 Å². The maximum atomic E-state index is 14.8. The molecule has 1 aromatic heterocycles. The molecule has 4 N–H and O–H groups in total. The second kappa shape index (κ2) is 6.65. The minimum Gasteiger partial charge on any atom is -0.384 e. The fourth-order valence-electron chi connectivity index (χ4n) is 3.18. The fraction of sp³-hybridized carbons (Fsp3) is 0.300. The number of pyridine rings is 1. The Morgan fingerprint density at radius 3 is 2.69 bits per heavy atom. The van der Waals surface area contributed by atoms with E-state index in [0.717, 1.165) is 6.07 Å². The second-order valence-corrected chi connectivity index (χ2v) is 7.09. The van der Waals surface area contributed by atoms with Crippen LogP contribution >= 0.6 is 0 Å². The highest BCUT2D eigenvalue weighted by Gasteiger charge is 2.59. The molecule has 0 unspecified atom stereocenters. The zero-order valence-corrected chi connectivity index (χ0v) is 15.0. The van der Waals surface area contributed by atoms with Gasteiger partial charge in [-0.15, -0.1) is 0 Å². The molecule has 1 aromatic carbocycles. The molecule has 2 amide bonds. The summed E-state index contributed by atoms with van der Waals surface area (Å²) in [5, 5.41) is 4.19. The second-order valence-electron chi connectivity index (χ2n) is 7.09. The first-order valence-corrected chi connectivity index (χ1v) is 8.91. The molecule has 2 aliphatic rings. The number of aromatic nitrogens is 1. The minimum absolute atomic E-state index is 0.000221. The molecular formula is C20H16F4N4O. The van der Waals surface area contributed by atoms with Gasteiger partial charge >= 0.3 is 12.2 Å². The number of carbonyl (C=O) groups is 1. The van der Waals surface area contributed by atoms with E-state index in [-0.39, 0.29) is 29.4 Å². The number of hydrogen-bond acceptors (Lipinski definition) is 3. The van der Waals surface area contributed by atoms with Gasteiger partial charge in [-0.25, -0.2) is 14.2 Å². The Bertz CT molecular complexity index is 1050. The van der Waals surface area contributed by atoms with E-state index in [9.17, 15) is 22.4 Å². The minimum atomic E-state index is -4.94. The van der Waals surface area contributed by atoms with Gasteiger partial charge in [0.25, 0.3) is 0 Å². The van der Waals surface area contributed by atoms with Crippen LogP contribution in [0, 0.1) is 23.6 Å². The van der Waals surface area contributed by atoms with Gasteiger partial charge in [-0.3, -0.25) is 0 Å². The number of carbonyl (C=O) groups excluding carboxylic acids is 1. The van der Waals surface area contributed by atoms with Crippen molar-refractivity contribution >= 4 is 17.5 Å². The van der Waals surface area contributed by atoms with Crippen molar-refractivity contribution in [1.82, 2.24) is 10.3 Å². The van der Waals surface area contributed by atoms with Crippen molar-refractivity contribution in [1.29, 1.82) is 0 Å². The smallest absolute Gasteiger partial charge is 0.384 e. The summed E-state index contributed by atoms with van der Waals surface area (Å²) in [6.45, 7) is 0. The summed E-state index contributed by atoms with van der Waals surface area (Å²) < 4.78 is 56.9. The summed E-state index contributed by atoms with van der Waals surface area (Å²) >= 11 is 0. The zero-order valence-electron chi connectivity index (χ0n) is 15.0. The lowest BCUT2D eigenvalue weighted by molar-refractivity contribution is -0.178. The summed E-state index contributed by atoms with van der Waals surface area (Å²) in [6.07, 6.45) is -3.52. The van der Waals surface area contributed by atoms with Crippen LogP contribution in [-0.2, 0) is 12.0 Å². The van der Waals surface area contributed by atoms with E-state index < -0.39 is 29.1 Å². The molecule has 4 rings (SSSR count). The molecule has 1 atom stereocenters. The average molecular weight is 404 g/mol. The number of nitrogens with zero attached hydrogens (tertiary/aromatic N) is 1. The lowest BCUT2D eigenvalue weighted by atomic mass is 9.85. The third-order valence-electron chi connectivity index (χ3n) is 4.81. The van der Waals surface area contributed by atoms with Crippen molar-refractivity contribution in [3.63, 3.8) is 0 Å². The number of amides is 2. The highest BCUT2D eigenvalue weighted by atomic mass is 19.4. The van der Waals surface area contributed by atoms with Crippen LogP contribution in [0.4, 0.5) is 33.9 Å². The lowest BCUT2D eigenvalue weighted by Gasteiger charge is -2.37. The molecule has 29 heavy (non-hydrogen) atoms. The molecule has 5 nitrogen and oxygen atoms in total. The Morgan fingerprint density at radius 1 is 1.28 bits per heavy atom. The summed E-state index contributed by atoms with van der Waals surface area (Å²) in [5.74, 6) is 3.99. The van der Waals surface area contributed by atoms with E-state index in [1.54, 1.807) is 18.2 Å². The van der Waals surface area contributed by atoms with Crippen molar-refractivity contribution in [3.8, 4) is 11.8 Å². The number of nitrogens with one attached hydrogen (secondary N) is 2. The highest BCUT2D eigenvalue weighted by molar-refractivity contribution is 5.95. The molecule has 0 radical (unpaired) electrons. The topological polar surface area (TPSA) is 80.0 Å². The van der Waals surface area contributed by atoms with Crippen molar-refractivity contribution < 1.29 is 22.4 Å². The molecule has 1 saturated carbocycles. The predicted molar refractivity (Wildman–Crippen MR) is 98.2 cm³/mol. The number of benzene rings is 1. The summed E-state index contributed by atoms with van der Waals surface area (Å²) in [4.78, 5) is 16.1. The zero-order chi connectivity index (χ0) is 20.8. The number of nitrogens with two attached hydrogens (primary N) is 1. The van der Waals surface area contributed by atoms with Gasteiger partial charge < -0.3 is 16.4 Å². The third-order valence-corrected chi connectivity index (χ3v) is 4.81. The predicted octanol–water partition coefficient (Wildman–Crippen LogP) is 3.70. The average Bonchev–Trinajstić information content (AvgIpc) is 3.44. The number of urea groups is 1. The normalized spacial score (nSPS) is 20.8. The maximum absolute atomic E-state index is 14.8. The Balaban J connectivity index is 1.81. The van der Waals surface area contributed by atoms with Gasteiger partial charge in [-0.05, 0) is 42.7 Å². The van der Waals surface area contributed by atoms with Crippen LogP contribution in [0.2, 0.25) is 0 Å². The molecule has 1 fully saturated rings. The molecule has 0 bridgehead atoms. The summed E-state index contributed by atoms with van der Waals surface area (Å²) in [5.41, 5.74) is 2.55. The standard InChI is InChI=1S/C20H16F4N4O/c21-15-10-14-16(9-12(15)8-13-2-1-3-17(25)26-13)27-18(29)28-19(14,20(22,23)24)7-6-11-4-5-11/h1-3,9-11H,4-5,8H2,(H2,25,26)(H2,27,28,29)/t19-/m0/s1. The van der Waals surface area contributed by atoms with E-state index in [4.69, 9.17) is 5.73 Å². The SMILES string of the molecule is Nc1cccc(Cc2cc3c(cc2F)[C@@](C#CC2CC2)(C(F)(F)F)NC(=O)N3)n1. The van der Waals surface area contributed by atoms with Gasteiger partial charge in [0, 0.05) is 29.3 Å². The van der Waals surface area contributed by atoms with E-state index in [1.165, 1.54) is 6.07 Å². The molecule has 1 aliphatic carbocycles. The quantitative estimate of drug-likeness (QED) is 0.528. The molecule has 2 heterocycles. The highest BCUT2D eigenvalue weighted by Crippen LogP contribution is 2.45. The van der Waals surface area contributed by atoms with Gasteiger partial charge in [0.2, 0.25) is 5.54 Å². The Labute approximate surface area is 163 Å². The van der Waals surface area contributed by atoms with Gasteiger partial charge in [-0.1, -0.05) is 17.9 Å². The summed E-state index contributed by atoms with van der Waals surface area (Å²) in [7, 11) is 0. The monoisotopic (exact) mass is 404 g/mol. The number of halogens is 4. The van der Waals surface area contributed by atoms with Crippen molar-refractivity contribution in [2.45, 2.75) is 31.0 Å². The summed E-state index contributed by atoms with van der Waals surface area (Å²) in [6, 6.07) is 5.73. The van der Waals surface area contributed by atoms with Gasteiger partial charge in [0.05, 0.1) is 0 Å². The van der Waals surface area contributed by atoms with Gasteiger partial charge in [-0.2, -0.15) is 13.2 Å². The molecule has 0 saturated heterocycles. The number of rotatable bonds is 2. The van der Waals surface area contributed by atoms with E-state index in [2.05, 4.69) is 22.1 Å². The van der Waals surface area contributed by atoms with Gasteiger partial charge in [0.1, 0.15) is 11.6 Å². The molecule has 0 spiro atoms. The molecule has 1 aliphatic heterocycles. The number of alkyl halides is 3. The third kappa shape index (κ3) is 3.58. The van der Waals surface area contributed by atoms with Crippen LogP contribution in [0.1, 0.15) is 29.7 Å². The van der Waals surface area contributed by atoms with E-state index >= 15 is 0 Å². The lowest BCUT2D eigenvalue weighted by Crippen LogP contribution is -2.59. The number of nitrogen functional groups attached to an aromatic ring is 1. The Hall–Kier alpha value is -3.28. The molecule has 150 valence electrons. The largest absolute Gasteiger partial charge is 0.427 e. The Kier molecular flexibility index (Phi) is 4.37. The first kappa shape index (κ1) is 19.1. The van der Waals surface area contributed by atoms with Crippen molar-refractivity contribution in [2.24, 2.45) is 5.92 Å². The maximum Gasteiger partial charge on any atom is 0.427 e. The van der Waals surface area contributed by atoms with Crippen LogP contribution in [-0.4, -0.2) is 17.2 Å². The van der Waals surface area contributed by atoms with Crippen LogP contribution < -0.4 is 16.4 Å². The number of fused-ring (bicyclic) bond motifs is 1. The van der Waals surface area contributed by atoms with Crippen LogP contribution in [0.25, 0.3) is 0 Å². The molecule has 9 heteroatoms. The number of hydrogen-bond donors (Lipinski definition) is 3. The van der Waals surface area contributed by atoms with Crippen LogP contribution in [0.15, 0.2) is 30.3 Å². The Morgan fingerprint density at radius 2 is 2.03 bits per heavy atom. The van der Waals surface area contributed by atoms with Gasteiger partial charge in [0.15, 0.2) is 0 Å². The number of anilines is 2. The molecular weight excluding hydrogens is 388 g/mol. The van der Waals surface area contributed by atoms with Crippen molar-refractivity contribution in [3.05, 3.63) is 53.0 Å². The van der Waals surface area contributed by atoms with Crippen LogP contribution in [0.5, 0.6) is 0 Å². The van der Waals surface area contributed by atoms with E-state index in [1.807, 2.05) is 5.32 Å².